The van der Waals surface area contributed by atoms with E-state index in [1.54, 1.807) is 4.52 Å². The third-order valence-corrected chi connectivity index (χ3v) is 4.69. The Morgan fingerprint density at radius 1 is 0.955 bits per heavy atom. The van der Waals surface area contributed by atoms with Crippen LogP contribution in [0.4, 0.5) is 5.95 Å². The van der Waals surface area contributed by atoms with E-state index in [1.807, 2.05) is 24.3 Å². The quantitative estimate of drug-likeness (QED) is 0.743. The summed E-state index contributed by atoms with van der Waals surface area (Å²) >= 11 is 0. The number of nitrogens with two attached hydrogens (primary N) is 1. The molecule has 4 rings (SSSR count). The molecule has 2 aromatic heterocycles. The second kappa shape index (κ2) is 5.55. The molecular formula is C17H21N5. The minimum Gasteiger partial charge on any atom is -0.368 e. The van der Waals surface area contributed by atoms with E-state index in [2.05, 4.69) is 10.1 Å². The Hall–Kier alpha value is -2.17. The van der Waals surface area contributed by atoms with Gasteiger partial charge in [0.25, 0.3) is 0 Å². The van der Waals surface area contributed by atoms with Crippen molar-refractivity contribution in [1.29, 1.82) is 0 Å². The molecule has 5 heteroatoms. The fraction of sp³-hybridized carbons (Fsp3) is 0.471. The second-order valence-electron chi connectivity index (χ2n) is 6.23. The summed E-state index contributed by atoms with van der Waals surface area (Å²) in [7, 11) is 0. The predicted octanol–water partition coefficient (Wildman–Crippen LogP) is 3.69. The molecule has 1 aliphatic rings. The number of aromatic nitrogens is 4. The molecule has 0 spiro atoms. The first kappa shape index (κ1) is 13.5. The van der Waals surface area contributed by atoms with Crippen LogP contribution in [-0.4, -0.2) is 19.6 Å². The average Bonchev–Trinajstić information content (AvgIpc) is 2.93. The normalized spacial score (nSPS) is 17.6. The van der Waals surface area contributed by atoms with E-state index in [-0.39, 0.29) is 0 Å². The maximum absolute atomic E-state index is 6.07. The van der Waals surface area contributed by atoms with Gasteiger partial charge in [0.05, 0.1) is 5.52 Å². The molecule has 114 valence electrons. The lowest BCUT2D eigenvalue weighted by Crippen LogP contribution is -2.06. The van der Waals surface area contributed by atoms with Gasteiger partial charge in [0.1, 0.15) is 0 Å². The summed E-state index contributed by atoms with van der Waals surface area (Å²) in [5, 5.41) is 5.69. The number of anilines is 1. The summed E-state index contributed by atoms with van der Waals surface area (Å²) in [6.07, 6.45) is 8.94. The van der Waals surface area contributed by atoms with Crippen LogP contribution < -0.4 is 5.73 Å². The minimum atomic E-state index is 0.415. The lowest BCUT2D eigenvalue weighted by Gasteiger charge is -2.16. The molecule has 1 fully saturated rings. The van der Waals surface area contributed by atoms with Crippen molar-refractivity contribution in [3.8, 4) is 0 Å². The molecule has 1 saturated carbocycles. The molecular weight excluding hydrogens is 274 g/mol. The van der Waals surface area contributed by atoms with Crippen molar-refractivity contribution in [3.63, 3.8) is 0 Å². The second-order valence-corrected chi connectivity index (χ2v) is 6.23. The van der Waals surface area contributed by atoms with E-state index in [0.29, 0.717) is 11.9 Å². The Morgan fingerprint density at radius 2 is 1.68 bits per heavy atom. The number of rotatable bonds is 1. The van der Waals surface area contributed by atoms with Gasteiger partial charge in [-0.3, -0.25) is 0 Å². The molecule has 2 heterocycles. The Morgan fingerprint density at radius 3 is 2.50 bits per heavy atom. The largest absolute Gasteiger partial charge is 0.368 e. The average molecular weight is 295 g/mol. The van der Waals surface area contributed by atoms with Crippen molar-refractivity contribution in [1.82, 2.24) is 19.6 Å². The van der Waals surface area contributed by atoms with Crippen LogP contribution in [0, 0.1) is 0 Å². The van der Waals surface area contributed by atoms with Gasteiger partial charge in [-0.2, -0.15) is 4.52 Å². The van der Waals surface area contributed by atoms with E-state index < -0.39 is 0 Å². The molecule has 1 aliphatic carbocycles. The molecule has 5 nitrogen and oxygen atoms in total. The van der Waals surface area contributed by atoms with E-state index in [9.17, 15) is 0 Å². The van der Waals surface area contributed by atoms with Crippen molar-refractivity contribution in [3.05, 3.63) is 30.1 Å². The first-order valence-electron chi connectivity index (χ1n) is 8.24. The molecule has 0 aliphatic heterocycles. The van der Waals surface area contributed by atoms with Crippen LogP contribution in [0.3, 0.4) is 0 Å². The third-order valence-electron chi connectivity index (χ3n) is 4.69. The van der Waals surface area contributed by atoms with Gasteiger partial charge in [-0.1, -0.05) is 44.2 Å². The van der Waals surface area contributed by atoms with Crippen molar-refractivity contribution in [2.24, 2.45) is 0 Å². The van der Waals surface area contributed by atoms with Crippen LogP contribution in [0.25, 0.3) is 16.6 Å². The van der Waals surface area contributed by atoms with E-state index in [4.69, 9.17) is 10.7 Å². The molecule has 2 N–H and O–H groups in total. The van der Waals surface area contributed by atoms with Gasteiger partial charge < -0.3 is 5.73 Å². The van der Waals surface area contributed by atoms with E-state index in [0.717, 1.165) is 22.4 Å². The Balaban J connectivity index is 1.82. The lowest BCUT2D eigenvalue weighted by molar-refractivity contribution is 0.442. The zero-order chi connectivity index (χ0) is 14.9. The Labute approximate surface area is 129 Å². The van der Waals surface area contributed by atoms with Crippen molar-refractivity contribution in [2.45, 2.75) is 50.9 Å². The first-order valence-corrected chi connectivity index (χ1v) is 8.24. The molecule has 22 heavy (non-hydrogen) atoms. The SMILES string of the molecule is Nc1nc2ccccc2c2nc(C3CCCCCCC3)nn12. The highest BCUT2D eigenvalue weighted by Gasteiger charge is 2.20. The maximum atomic E-state index is 6.07. The topological polar surface area (TPSA) is 69.1 Å². The van der Waals surface area contributed by atoms with Crippen LogP contribution in [0.15, 0.2) is 24.3 Å². The van der Waals surface area contributed by atoms with Crippen molar-refractivity contribution in [2.75, 3.05) is 5.73 Å². The zero-order valence-corrected chi connectivity index (χ0v) is 12.7. The fourth-order valence-corrected chi connectivity index (χ4v) is 3.48. The molecule has 1 aromatic carbocycles. The number of benzene rings is 1. The molecule has 0 atom stereocenters. The highest BCUT2D eigenvalue weighted by atomic mass is 15.3. The van der Waals surface area contributed by atoms with Crippen molar-refractivity contribution < 1.29 is 0 Å². The van der Waals surface area contributed by atoms with E-state index >= 15 is 0 Å². The number of hydrogen-bond donors (Lipinski definition) is 1. The van der Waals surface area contributed by atoms with Crippen LogP contribution in [-0.2, 0) is 0 Å². The van der Waals surface area contributed by atoms with Gasteiger partial charge in [0.2, 0.25) is 5.95 Å². The van der Waals surface area contributed by atoms with Crippen LogP contribution in [0.5, 0.6) is 0 Å². The third kappa shape index (κ3) is 2.30. The summed E-state index contributed by atoms with van der Waals surface area (Å²) in [5.74, 6) is 1.81. The highest BCUT2D eigenvalue weighted by molar-refractivity contribution is 5.92. The molecule has 0 radical (unpaired) electrons. The van der Waals surface area contributed by atoms with Gasteiger partial charge in [0, 0.05) is 11.3 Å². The number of fused-ring (bicyclic) bond motifs is 3. The van der Waals surface area contributed by atoms with Gasteiger partial charge in [-0.15, -0.1) is 5.10 Å². The standard InChI is InChI=1S/C17H21N5/c18-17-19-14-11-7-6-10-13(14)16-20-15(21-22(16)17)12-8-4-2-1-3-5-9-12/h6-7,10-12H,1-5,8-9H2,(H2,18,19). The minimum absolute atomic E-state index is 0.415. The van der Waals surface area contributed by atoms with Gasteiger partial charge >= 0.3 is 0 Å². The molecule has 0 bridgehead atoms. The Kier molecular flexibility index (Phi) is 3.41. The predicted molar refractivity (Wildman–Crippen MR) is 87.8 cm³/mol. The number of hydrogen-bond acceptors (Lipinski definition) is 4. The number of para-hydroxylation sites is 1. The zero-order valence-electron chi connectivity index (χ0n) is 12.7. The summed E-state index contributed by atoms with van der Waals surface area (Å²) in [6, 6.07) is 7.98. The molecule has 3 aromatic rings. The summed E-state index contributed by atoms with van der Waals surface area (Å²) in [4.78, 5) is 9.26. The summed E-state index contributed by atoms with van der Waals surface area (Å²) < 4.78 is 1.70. The smallest absolute Gasteiger partial charge is 0.223 e. The molecule has 0 saturated heterocycles. The van der Waals surface area contributed by atoms with Crippen molar-refractivity contribution >= 4 is 22.5 Å². The van der Waals surface area contributed by atoms with E-state index in [1.165, 1.54) is 44.9 Å². The monoisotopic (exact) mass is 295 g/mol. The summed E-state index contributed by atoms with van der Waals surface area (Å²) in [5.41, 5.74) is 7.78. The Bertz CT molecular complexity index is 799. The fourth-order valence-electron chi connectivity index (χ4n) is 3.48. The van der Waals surface area contributed by atoms with Gasteiger partial charge in [-0.05, 0) is 25.0 Å². The molecule has 0 amide bonds. The van der Waals surface area contributed by atoms with Crippen LogP contribution in [0.2, 0.25) is 0 Å². The highest BCUT2D eigenvalue weighted by Crippen LogP contribution is 2.30. The van der Waals surface area contributed by atoms with Crippen LogP contribution >= 0.6 is 0 Å². The summed E-state index contributed by atoms with van der Waals surface area (Å²) in [6.45, 7) is 0. The maximum Gasteiger partial charge on any atom is 0.223 e. The number of nitrogens with zero attached hydrogens (tertiary/aromatic N) is 4. The van der Waals surface area contributed by atoms with Crippen LogP contribution in [0.1, 0.15) is 56.7 Å². The lowest BCUT2D eigenvalue weighted by atomic mass is 9.91. The number of nitrogen functional groups attached to an aromatic ring is 1. The first-order chi connectivity index (χ1) is 10.8. The molecule has 0 unspecified atom stereocenters. The van der Waals surface area contributed by atoms with Gasteiger partial charge in [-0.25, -0.2) is 9.97 Å². The van der Waals surface area contributed by atoms with Gasteiger partial charge in [0.15, 0.2) is 11.5 Å².